The van der Waals surface area contributed by atoms with E-state index in [-0.39, 0.29) is 0 Å². The van der Waals surface area contributed by atoms with Crippen LogP contribution in [0.15, 0.2) is 6.07 Å². The lowest BCUT2D eigenvalue weighted by Gasteiger charge is -2.16. The number of hydrogen-bond donors (Lipinski definition) is 0. The molecule has 0 atom stereocenters. The maximum absolute atomic E-state index is 12.6. The summed E-state index contributed by atoms with van der Waals surface area (Å²) >= 11 is 5.22. The van der Waals surface area contributed by atoms with Crippen LogP contribution in [0.4, 0.5) is 26.3 Å². The van der Waals surface area contributed by atoms with Gasteiger partial charge in [-0.1, -0.05) is 11.6 Å². The summed E-state index contributed by atoms with van der Waals surface area (Å²) < 4.78 is 77.4. The van der Waals surface area contributed by atoms with Gasteiger partial charge in [0.1, 0.15) is 5.15 Å². The summed E-state index contributed by atoms with van der Waals surface area (Å²) in [4.78, 5) is 3.02. The van der Waals surface area contributed by atoms with Gasteiger partial charge in [0.15, 0.2) is 0 Å². The molecule has 10 heteroatoms. The first kappa shape index (κ1) is 15.4. The Balaban J connectivity index is 3.45. The Morgan fingerprint density at radius 3 is 2.26 bits per heavy atom. The molecule has 1 rings (SSSR count). The lowest BCUT2D eigenvalue weighted by Crippen LogP contribution is -2.21. The van der Waals surface area contributed by atoms with E-state index in [1.165, 1.54) is 6.07 Å². The van der Waals surface area contributed by atoms with Gasteiger partial charge < -0.3 is 4.74 Å². The van der Waals surface area contributed by atoms with Gasteiger partial charge in [-0.05, 0) is 6.07 Å². The highest BCUT2D eigenvalue weighted by Gasteiger charge is 2.39. The summed E-state index contributed by atoms with van der Waals surface area (Å²) in [6.45, 7) is 0. The smallest absolute Gasteiger partial charge is 0.387 e. The van der Waals surface area contributed by atoms with E-state index in [9.17, 15) is 26.3 Å². The fourth-order valence-corrected chi connectivity index (χ4v) is 1.40. The van der Waals surface area contributed by atoms with Crippen molar-refractivity contribution < 1.29 is 31.1 Å². The Hall–Kier alpha value is -1.69. The van der Waals surface area contributed by atoms with Gasteiger partial charge in [-0.2, -0.15) is 18.4 Å². The molecule has 0 aromatic carbocycles. The molecule has 0 aliphatic carbocycles. The predicted molar refractivity (Wildman–Crippen MR) is 50.2 cm³/mol. The second-order valence-electron chi connectivity index (χ2n) is 3.16. The van der Waals surface area contributed by atoms with Crippen molar-refractivity contribution in [3.63, 3.8) is 0 Å². The van der Waals surface area contributed by atoms with E-state index < -0.39 is 41.1 Å². The minimum Gasteiger partial charge on any atom is -0.387 e. The van der Waals surface area contributed by atoms with Gasteiger partial charge in [0.05, 0.1) is 18.1 Å². The number of aromatic nitrogens is 1. The lowest BCUT2D eigenvalue weighted by atomic mass is 10.1. The number of rotatable bonds is 2. The highest BCUT2D eigenvalue weighted by Crippen LogP contribution is 2.38. The average molecular weight is 305 g/mol. The molecule has 0 spiro atoms. The second-order valence-corrected chi connectivity index (χ2v) is 3.54. The number of ether oxygens (including phenoxy) is 1. The Kier molecular flexibility index (Phi) is 4.15. The van der Waals surface area contributed by atoms with Crippen molar-refractivity contribution in [2.45, 2.75) is 19.0 Å². The summed E-state index contributed by atoms with van der Waals surface area (Å²) in [5, 5.41) is 7.56. The van der Waals surface area contributed by atoms with E-state index in [0.29, 0.717) is 6.07 Å². The Bertz CT molecular complexity index is 519. The zero-order chi connectivity index (χ0) is 14.8. The zero-order valence-corrected chi connectivity index (χ0v) is 9.49. The van der Waals surface area contributed by atoms with Crippen LogP contribution in [0, 0.1) is 11.3 Å². The van der Waals surface area contributed by atoms with Crippen molar-refractivity contribution in [3.05, 3.63) is 22.3 Å². The minimum atomic E-state index is -5.25. The molecule has 0 aliphatic rings. The van der Waals surface area contributed by atoms with Crippen LogP contribution in [-0.4, -0.2) is 11.3 Å². The molecule has 0 fully saturated rings. The van der Waals surface area contributed by atoms with Crippen LogP contribution in [0.5, 0.6) is 5.88 Å². The summed E-state index contributed by atoms with van der Waals surface area (Å²) in [5.41, 5.74) is -2.51. The van der Waals surface area contributed by atoms with Crippen molar-refractivity contribution in [2.75, 3.05) is 0 Å². The molecule has 0 aliphatic heterocycles. The maximum atomic E-state index is 12.6. The molecule has 0 amide bonds. The Labute approximate surface area is 107 Å². The summed E-state index contributed by atoms with van der Waals surface area (Å²) in [6, 6.07) is 1.64. The highest BCUT2D eigenvalue weighted by atomic mass is 35.5. The third-order valence-electron chi connectivity index (χ3n) is 1.83. The van der Waals surface area contributed by atoms with Crippen LogP contribution >= 0.6 is 11.6 Å². The van der Waals surface area contributed by atoms with Crippen LogP contribution in [-0.2, 0) is 12.6 Å². The fraction of sp³-hybridized carbons (Fsp3) is 0.333. The molecule has 1 aromatic heterocycles. The van der Waals surface area contributed by atoms with E-state index in [4.69, 9.17) is 16.9 Å². The molecule has 1 aromatic rings. The largest absolute Gasteiger partial charge is 0.574 e. The zero-order valence-electron chi connectivity index (χ0n) is 8.73. The standard InChI is InChI=1S/C9H3ClF6N2O/c10-6-3-5(8(11,12)13)4(1-2-17)7(18-6)19-9(14,15)16/h3H,1H2. The van der Waals surface area contributed by atoms with Gasteiger partial charge in [0.2, 0.25) is 5.88 Å². The van der Waals surface area contributed by atoms with Crippen LogP contribution < -0.4 is 4.74 Å². The van der Waals surface area contributed by atoms with E-state index in [0.717, 1.165) is 0 Å². The lowest BCUT2D eigenvalue weighted by molar-refractivity contribution is -0.276. The predicted octanol–water partition coefficient (Wildman–Crippen LogP) is 3.72. The third kappa shape index (κ3) is 4.17. The second kappa shape index (κ2) is 5.13. The molecule has 104 valence electrons. The third-order valence-corrected chi connectivity index (χ3v) is 2.02. The quantitative estimate of drug-likeness (QED) is 0.618. The first-order valence-corrected chi connectivity index (χ1v) is 4.81. The monoisotopic (exact) mass is 304 g/mol. The molecular formula is C9H3ClF6N2O. The first-order valence-electron chi connectivity index (χ1n) is 4.44. The molecular weight excluding hydrogens is 302 g/mol. The Morgan fingerprint density at radius 2 is 1.84 bits per heavy atom. The van der Waals surface area contributed by atoms with Gasteiger partial charge >= 0.3 is 12.5 Å². The first-order chi connectivity index (χ1) is 8.54. The fourth-order valence-electron chi connectivity index (χ4n) is 1.22. The van der Waals surface area contributed by atoms with Gasteiger partial charge in [-0.25, -0.2) is 4.98 Å². The van der Waals surface area contributed by atoms with Crippen molar-refractivity contribution in [3.8, 4) is 11.9 Å². The van der Waals surface area contributed by atoms with Crippen molar-refractivity contribution in [1.29, 1.82) is 5.26 Å². The van der Waals surface area contributed by atoms with Crippen LogP contribution in [0.25, 0.3) is 0 Å². The van der Waals surface area contributed by atoms with E-state index in [1.54, 1.807) is 0 Å². The number of pyridine rings is 1. The summed E-state index contributed by atoms with van der Waals surface area (Å²) in [7, 11) is 0. The van der Waals surface area contributed by atoms with E-state index >= 15 is 0 Å². The molecule has 3 nitrogen and oxygen atoms in total. The number of halogens is 7. The highest BCUT2D eigenvalue weighted by molar-refractivity contribution is 6.29. The van der Waals surface area contributed by atoms with Crippen LogP contribution in [0.2, 0.25) is 5.15 Å². The van der Waals surface area contributed by atoms with Crippen molar-refractivity contribution in [1.82, 2.24) is 4.98 Å². The number of hydrogen-bond acceptors (Lipinski definition) is 3. The molecule has 0 unspecified atom stereocenters. The van der Waals surface area contributed by atoms with E-state index in [1.807, 2.05) is 0 Å². The average Bonchev–Trinajstić information content (AvgIpc) is 2.17. The van der Waals surface area contributed by atoms with E-state index in [2.05, 4.69) is 9.72 Å². The molecule has 0 N–H and O–H groups in total. The van der Waals surface area contributed by atoms with Gasteiger partial charge in [-0.15, -0.1) is 13.2 Å². The SMILES string of the molecule is N#CCc1c(C(F)(F)F)cc(Cl)nc1OC(F)(F)F. The molecule has 0 radical (unpaired) electrons. The van der Waals surface area contributed by atoms with Crippen LogP contribution in [0.3, 0.4) is 0 Å². The van der Waals surface area contributed by atoms with Crippen molar-refractivity contribution >= 4 is 11.6 Å². The molecule has 0 saturated heterocycles. The number of nitrogens with zero attached hydrogens (tertiary/aromatic N) is 2. The van der Waals surface area contributed by atoms with Crippen molar-refractivity contribution in [2.24, 2.45) is 0 Å². The van der Waals surface area contributed by atoms with Gasteiger partial charge in [0, 0.05) is 5.56 Å². The van der Waals surface area contributed by atoms with Gasteiger partial charge in [0.25, 0.3) is 0 Å². The van der Waals surface area contributed by atoms with Crippen LogP contribution in [0.1, 0.15) is 11.1 Å². The normalized spacial score (nSPS) is 12.1. The summed E-state index contributed by atoms with van der Waals surface area (Å²) in [5.74, 6) is -1.38. The Morgan fingerprint density at radius 1 is 1.26 bits per heavy atom. The molecule has 0 bridgehead atoms. The summed E-state index contributed by atoms with van der Waals surface area (Å²) in [6.07, 6.45) is -11.2. The molecule has 1 heterocycles. The maximum Gasteiger partial charge on any atom is 0.574 e. The van der Waals surface area contributed by atoms with Gasteiger partial charge in [-0.3, -0.25) is 0 Å². The minimum absolute atomic E-state index is 0.331. The number of nitriles is 1. The molecule has 19 heavy (non-hydrogen) atoms. The topological polar surface area (TPSA) is 45.9 Å². The molecule has 0 saturated carbocycles. The number of alkyl halides is 6.